The molecular formula is C15H17F3N2O. The summed E-state index contributed by atoms with van der Waals surface area (Å²) in [5.41, 5.74) is 8.01. The maximum Gasteiger partial charge on any atom is 0.573 e. The van der Waals surface area contributed by atoms with Crippen LogP contribution in [0.3, 0.4) is 0 Å². The highest BCUT2D eigenvalue weighted by molar-refractivity contribution is 5.83. The third-order valence-electron chi connectivity index (χ3n) is 3.23. The Hall–Kier alpha value is -1.82. The van der Waals surface area contributed by atoms with Gasteiger partial charge in [-0.2, -0.15) is 0 Å². The van der Waals surface area contributed by atoms with Crippen molar-refractivity contribution in [3.8, 4) is 5.75 Å². The third kappa shape index (κ3) is 4.07. The molecule has 0 amide bonds. The van der Waals surface area contributed by atoms with Gasteiger partial charge in [0.2, 0.25) is 0 Å². The predicted molar refractivity (Wildman–Crippen MR) is 75.1 cm³/mol. The van der Waals surface area contributed by atoms with Gasteiger partial charge in [-0.15, -0.1) is 13.2 Å². The standard InChI is InChI=1S/C15H17F3N2O/c1-9(8-19)5-11-6-10(2)13-7-12(21-15(16,17)18)3-4-14(13)20-11/h3-4,6-7,9H,5,8,19H2,1-2H3. The van der Waals surface area contributed by atoms with Crippen molar-refractivity contribution >= 4 is 10.9 Å². The first kappa shape index (κ1) is 15.6. The van der Waals surface area contributed by atoms with Crippen LogP contribution < -0.4 is 10.5 Å². The molecular weight excluding hydrogens is 281 g/mol. The summed E-state index contributed by atoms with van der Waals surface area (Å²) >= 11 is 0. The molecule has 1 aromatic heterocycles. The van der Waals surface area contributed by atoms with Crippen LogP contribution in [0.5, 0.6) is 5.75 Å². The molecule has 6 heteroatoms. The molecule has 0 saturated carbocycles. The zero-order valence-electron chi connectivity index (χ0n) is 11.9. The van der Waals surface area contributed by atoms with Crippen LogP contribution >= 0.6 is 0 Å². The molecule has 0 spiro atoms. The van der Waals surface area contributed by atoms with E-state index in [9.17, 15) is 13.2 Å². The summed E-state index contributed by atoms with van der Waals surface area (Å²) in [6.45, 7) is 4.44. The van der Waals surface area contributed by atoms with E-state index >= 15 is 0 Å². The van der Waals surface area contributed by atoms with Crippen LogP contribution in [-0.4, -0.2) is 17.9 Å². The number of nitrogens with zero attached hydrogens (tertiary/aromatic N) is 1. The summed E-state index contributed by atoms with van der Waals surface area (Å²) in [5, 5.41) is 0.654. The topological polar surface area (TPSA) is 48.1 Å². The van der Waals surface area contributed by atoms with Gasteiger partial charge in [-0.05, 0) is 55.6 Å². The van der Waals surface area contributed by atoms with E-state index in [4.69, 9.17) is 5.73 Å². The maximum atomic E-state index is 12.2. The van der Waals surface area contributed by atoms with Gasteiger partial charge in [0.25, 0.3) is 0 Å². The lowest BCUT2D eigenvalue weighted by Crippen LogP contribution is -2.17. The van der Waals surface area contributed by atoms with Crippen LogP contribution in [-0.2, 0) is 6.42 Å². The Labute approximate surface area is 120 Å². The molecule has 114 valence electrons. The molecule has 21 heavy (non-hydrogen) atoms. The van der Waals surface area contributed by atoms with Crippen molar-refractivity contribution in [1.82, 2.24) is 4.98 Å². The third-order valence-corrected chi connectivity index (χ3v) is 3.23. The highest BCUT2D eigenvalue weighted by Gasteiger charge is 2.31. The molecule has 3 nitrogen and oxygen atoms in total. The Morgan fingerprint density at radius 1 is 1.29 bits per heavy atom. The van der Waals surface area contributed by atoms with Gasteiger partial charge in [0, 0.05) is 11.1 Å². The maximum absolute atomic E-state index is 12.2. The number of nitrogens with two attached hydrogens (primary N) is 1. The summed E-state index contributed by atoms with van der Waals surface area (Å²) in [5.74, 6) is 0.0742. The Balaban J connectivity index is 2.36. The van der Waals surface area contributed by atoms with E-state index in [0.29, 0.717) is 23.4 Å². The molecule has 0 aliphatic carbocycles. The summed E-state index contributed by atoms with van der Waals surface area (Å²) in [6.07, 6.45) is -3.94. The van der Waals surface area contributed by atoms with Crippen molar-refractivity contribution in [2.24, 2.45) is 11.7 Å². The van der Waals surface area contributed by atoms with Crippen LogP contribution in [0.25, 0.3) is 10.9 Å². The van der Waals surface area contributed by atoms with Crippen LogP contribution in [0.15, 0.2) is 24.3 Å². The lowest BCUT2D eigenvalue weighted by atomic mass is 10.0. The van der Waals surface area contributed by atoms with E-state index in [0.717, 1.165) is 17.7 Å². The average Bonchev–Trinajstić information content (AvgIpc) is 2.37. The van der Waals surface area contributed by atoms with E-state index in [1.54, 1.807) is 6.07 Å². The number of alkyl halides is 3. The number of aromatic nitrogens is 1. The van der Waals surface area contributed by atoms with Crippen molar-refractivity contribution < 1.29 is 17.9 Å². The Bertz CT molecular complexity index is 641. The van der Waals surface area contributed by atoms with E-state index in [1.165, 1.54) is 12.1 Å². The number of hydrogen-bond acceptors (Lipinski definition) is 3. The largest absolute Gasteiger partial charge is 0.573 e. The Kier molecular flexibility index (Phi) is 4.37. The number of pyridine rings is 1. The number of rotatable bonds is 4. The van der Waals surface area contributed by atoms with Gasteiger partial charge in [-0.3, -0.25) is 4.98 Å². The molecule has 2 N–H and O–H groups in total. The molecule has 2 rings (SSSR count). The lowest BCUT2D eigenvalue weighted by Gasteiger charge is -2.12. The second-order valence-electron chi connectivity index (χ2n) is 5.20. The minimum atomic E-state index is -4.69. The highest BCUT2D eigenvalue weighted by atomic mass is 19.4. The molecule has 2 aromatic rings. The summed E-state index contributed by atoms with van der Waals surface area (Å²) < 4.78 is 40.6. The van der Waals surface area contributed by atoms with Crippen molar-refractivity contribution in [2.75, 3.05) is 6.54 Å². The Morgan fingerprint density at radius 2 is 2.00 bits per heavy atom. The normalized spacial score (nSPS) is 13.4. The zero-order valence-corrected chi connectivity index (χ0v) is 11.9. The number of hydrogen-bond donors (Lipinski definition) is 1. The molecule has 0 fully saturated rings. The number of fused-ring (bicyclic) bond motifs is 1. The zero-order chi connectivity index (χ0) is 15.6. The number of halogens is 3. The van der Waals surface area contributed by atoms with Crippen LogP contribution in [0, 0.1) is 12.8 Å². The molecule has 0 radical (unpaired) electrons. The predicted octanol–water partition coefficient (Wildman–Crippen LogP) is 3.58. The monoisotopic (exact) mass is 298 g/mol. The average molecular weight is 298 g/mol. The minimum Gasteiger partial charge on any atom is -0.406 e. The van der Waals surface area contributed by atoms with Crippen molar-refractivity contribution in [3.63, 3.8) is 0 Å². The van der Waals surface area contributed by atoms with Crippen LogP contribution in [0.4, 0.5) is 13.2 Å². The number of aryl methyl sites for hydroxylation is 1. The molecule has 0 aliphatic heterocycles. The fourth-order valence-electron chi connectivity index (χ4n) is 2.19. The SMILES string of the molecule is Cc1cc(CC(C)CN)nc2ccc(OC(F)(F)F)cc12. The van der Waals surface area contributed by atoms with Gasteiger partial charge in [-0.1, -0.05) is 6.92 Å². The minimum absolute atomic E-state index is 0.233. The molecule has 1 atom stereocenters. The Morgan fingerprint density at radius 3 is 2.62 bits per heavy atom. The highest BCUT2D eigenvalue weighted by Crippen LogP contribution is 2.28. The molecule has 1 unspecified atom stereocenters. The van der Waals surface area contributed by atoms with E-state index in [-0.39, 0.29) is 5.75 Å². The summed E-state index contributed by atoms with van der Waals surface area (Å²) in [7, 11) is 0. The fourth-order valence-corrected chi connectivity index (χ4v) is 2.19. The summed E-state index contributed by atoms with van der Waals surface area (Å²) in [4.78, 5) is 4.47. The first-order valence-electron chi connectivity index (χ1n) is 6.64. The van der Waals surface area contributed by atoms with Gasteiger partial charge in [0.05, 0.1) is 5.52 Å². The molecule has 0 saturated heterocycles. The van der Waals surface area contributed by atoms with E-state index in [1.807, 2.05) is 19.9 Å². The van der Waals surface area contributed by atoms with Crippen LogP contribution in [0.2, 0.25) is 0 Å². The fraction of sp³-hybridized carbons (Fsp3) is 0.400. The molecule has 0 aliphatic rings. The van der Waals surface area contributed by atoms with E-state index in [2.05, 4.69) is 9.72 Å². The van der Waals surface area contributed by atoms with Gasteiger partial charge in [-0.25, -0.2) is 0 Å². The number of ether oxygens (including phenoxy) is 1. The van der Waals surface area contributed by atoms with Crippen molar-refractivity contribution in [1.29, 1.82) is 0 Å². The summed E-state index contributed by atoms with van der Waals surface area (Å²) in [6, 6.07) is 6.06. The van der Waals surface area contributed by atoms with Crippen molar-refractivity contribution in [2.45, 2.75) is 26.6 Å². The first-order chi connectivity index (χ1) is 9.78. The lowest BCUT2D eigenvalue weighted by molar-refractivity contribution is -0.274. The second kappa shape index (κ2) is 5.89. The second-order valence-corrected chi connectivity index (χ2v) is 5.20. The van der Waals surface area contributed by atoms with Gasteiger partial charge < -0.3 is 10.5 Å². The molecule has 1 aromatic carbocycles. The van der Waals surface area contributed by atoms with Gasteiger partial charge >= 0.3 is 6.36 Å². The smallest absolute Gasteiger partial charge is 0.406 e. The van der Waals surface area contributed by atoms with Gasteiger partial charge in [0.15, 0.2) is 0 Å². The van der Waals surface area contributed by atoms with Crippen molar-refractivity contribution in [3.05, 3.63) is 35.5 Å². The van der Waals surface area contributed by atoms with E-state index < -0.39 is 6.36 Å². The quantitative estimate of drug-likeness (QED) is 0.938. The first-order valence-corrected chi connectivity index (χ1v) is 6.64. The number of benzene rings is 1. The van der Waals surface area contributed by atoms with Crippen LogP contribution in [0.1, 0.15) is 18.2 Å². The molecule has 1 heterocycles. The van der Waals surface area contributed by atoms with Gasteiger partial charge in [0.1, 0.15) is 5.75 Å². The molecule has 0 bridgehead atoms.